The number of carbonyl (C=O) groups excluding carboxylic acids is 2. The second-order valence-corrected chi connectivity index (χ2v) is 5.45. The highest BCUT2D eigenvalue weighted by Crippen LogP contribution is 2.28. The van der Waals surface area contributed by atoms with Gasteiger partial charge in [-0.25, -0.2) is 4.79 Å². The Bertz CT molecular complexity index is 768. The number of aromatic amines is 1. The van der Waals surface area contributed by atoms with E-state index in [-0.39, 0.29) is 18.8 Å². The molecule has 0 saturated carbocycles. The third kappa shape index (κ3) is 4.32. The van der Waals surface area contributed by atoms with Gasteiger partial charge < -0.3 is 24.4 Å². The fourth-order valence-corrected chi connectivity index (χ4v) is 2.29. The summed E-state index contributed by atoms with van der Waals surface area (Å²) in [5.74, 6) is -1.22. The zero-order valence-electron chi connectivity index (χ0n) is 13.5. The molecular weight excluding hydrogens is 340 g/mol. The van der Waals surface area contributed by atoms with Gasteiger partial charge in [-0.2, -0.15) is 0 Å². The number of nitrogens with one attached hydrogen (secondary N) is 1. The zero-order valence-corrected chi connectivity index (χ0v) is 13.5. The lowest BCUT2D eigenvalue weighted by atomic mass is 10.1. The predicted molar refractivity (Wildman–Crippen MR) is 79.3 cm³/mol. The lowest BCUT2D eigenvalue weighted by Crippen LogP contribution is -2.39. The molecule has 0 aliphatic carbocycles. The van der Waals surface area contributed by atoms with E-state index in [9.17, 15) is 29.4 Å². The average molecular weight is 358 g/mol. The normalized spacial score (nSPS) is 25.6. The number of esters is 2. The molecule has 25 heavy (non-hydrogen) atoms. The minimum Gasteiger partial charge on any atom is -0.463 e. The van der Waals surface area contributed by atoms with Crippen molar-refractivity contribution in [1.29, 1.82) is 0 Å². The number of nitrogens with zero attached hydrogens (tertiary/aromatic N) is 1. The summed E-state index contributed by atoms with van der Waals surface area (Å²) >= 11 is 0. The Morgan fingerprint density at radius 1 is 1.20 bits per heavy atom. The fourth-order valence-electron chi connectivity index (χ4n) is 2.29. The summed E-state index contributed by atoms with van der Waals surface area (Å²) in [4.78, 5) is 47.4. The topological polar surface area (TPSA) is 157 Å². The summed E-state index contributed by atoms with van der Waals surface area (Å²) < 4.78 is 15.7. The van der Waals surface area contributed by atoms with E-state index in [2.05, 4.69) is 0 Å². The molecule has 0 radical (unpaired) electrons. The first-order chi connectivity index (χ1) is 11.7. The van der Waals surface area contributed by atoms with Gasteiger partial charge in [-0.1, -0.05) is 0 Å². The van der Waals surface area contributed by atoms with Crippen LogP contribution in [0.4, 0.5) is 0 Å². The second-order valence-electron chi connectivity index (χ2n) is 5.45. The summed E-state index contributed by atoms with van der Waals surface area (Å²) in [6.07, 6.45) is -4.24. The Morgan fingerprint density at radius 3 is 2.44 bits per heavy atom. The van der Waals surface area contributed by atoms with Crippen LogP contribution in [0.3, 0.4) is 0 Å². The molecule has 4 atom stereocenters. The van der Waals surface area contributed by atoms with Crippen LogP contribution in [-0.2, 0) is 30.4 Å². The molecule has 1 aromatic heterocycles. The van der Waals surface area contributed by atoms with Gasteiger partial charge in [-0.15, -0.1) is 0 Å². The summed E-state index contributed by atoms with van der Waals surface area (Å²) in [6.45, 7) is 1.63. The highest BCUT2D eigenvalue weighted by molar-refractivity contribution is 5.66. The molecule has 138 valence electrons. The molecule has 1 saturated heterocycles. The van der Waals surface area contributed by atoms with Crippen LogP contribution in [0, 0.1) is 0 Å². The van der Waals surface area contributed by atoms with Crippen molar-refractivity contribution in [2.75, 3.05) is 6.61 Å². The molecule has 1 aromatic rings. The molecule has 3 N–H and O–H groups in total. The minimum atomic E-state index is -1.51. The molecule has 0 amide bonds. The van der Waals surface area contributed by atoms with Crippen LogP contribution in [0.5, 0.6) is 0 Å². The van der Waals surface area contributed by atoms with E-state index in [1.54, 1.807) is 0 Å². The lowest BCUT2D eigenvalue weighted by molar-refractivity contribution is -0.147. The molecule has 11 nitrogen and oxygen atoms in total. The Morgan fingerprint density at radius 2 is 1.84 bits per heavy atom. The van der Waals surface area contributed by atoms with Crippen molar-refractivity contribution in [1.82, 2.24) is 9.55 Å². The summed E-state index contributed by atoms with van der Waals surface area (Å²) in [6, 6.07) is 0. The molecule has 2 heterocycles. The molecule has 1 aliphatic heterocycles. The fraction of sp³-hybridized carbons (Fsp3) is 0.571. The largest absolute Gasteiger partial charge is 0.463 e. The van der Waals surface area contributed by atoms with Gasteiger partial charge in [-0.3, -0.25) is 23.9 Å². The molecule has 2 rings (SSSR count). The number of rotatable bonds is 5. The van der Waals surface area contributed by atoms with E-state index in [4.69, 9.17) is 14.2 Å². The van der Waals surface area contributed by atoms with Crippen LogP contribution in [0.2, 0.25) is 0 Å². The van der Waals surface area contributed by atoms with Crippen molar-refractivity contribution in [3.8, 4) is 0 Å². The van der Waals surface area contributed by atoms with Gasteiger partial charge in [0.05, 0.1) is 5.56 Å². The number of ether oxygens (including phenoxy) is 3. The first kappa shape index (κ1) is 18.8. The zero-order chi connectivity index (χ0) is 18.7. The van der Waals surface area contributed by atoms with Crippen LogP contribution < -0.4 is 11.2 Å². The standard InChI is InChI=1S/C14H18N2O9/c1-6(17)23-4-8-3-16(14(22)15-12(8)21)13-11(20)10(19)9(25-13)5-24-7(2)18/h3,9-11,13,19-20H,4-5H2,1-2H3,(H,15,21,22)/t9-,10-,11-,13-/m1/s1. The van der Waals surface area contributed by atoms with Gasteiger partial charge >= 0.3 is 17.6 Å². The summed E-state index contributed by atoms with van der Waals surface area (Å²) in [5, 5.41) is 20.1. The highest BCUT2D eigenvalue weighted by Gasteiger charge is 2.44. The van der Waals surface area contributed by atoms with E-state index in [1.165, 1.54) is 6.92 Å². The van der Waals surface area contributed by atoms with E-state index < -0.39 is 47.7 Å². The second kappa shape index (κ2) is 7.59. The number of H-pyrrole nitrogens is 1. The van der Waals surface area contributed by atoms with Crippen molar-refractivity contribution in [3.05, 3.63) is 32.6 Å². The SMILES string of the molecule is CC(=O)OCc1cn([C@@H]2O[C@H](COC(C)=O)[C@@H](O)[C@H]2O)c(=O)[nH]c1=O. The van der Waals surface area contributed by atoms with Gasteiger partial charge in [0.15, 0.2) is 6.23 Å². The number of hydrogen-bond acceptors (Lipinski definition) is 9. The van der Waals surface area contributed by atoms with Crippen molar-refractivity contribution in [2.24, 2.45) is 0 Å². The van der Waals surface area contributed by atoms with Gasteiger partial charge in [0.2, 0.25) is 0 Å². The molecule has 0 unspecified atom stereocenters. The van der Waals surface area contributed by atoms with Crippen molar-refractivity contribution in [2.45, 2.75) is 45.0 Å². The van der Waals surface area contributed by atoms with Gasteiger partial charge in [0, 0.05) is 20.0 Å². The monoisotopic (exact) mass is 358 g/mol. The van der Waals surface area contributed by atoms with Crippen molar-refractivity contribution < 1.29 is 34.0 Å². The number of aliphatic hydroxyl groups excluding tert-OH is 2. The Labute approximate surface area is 140 Å². The number of aromatic nitrogens is 2. The van der Waals surface area contributed by atoms with Crippen molar-refractivity contribution >= 4 is 11.9 Å². The number of carbonyl (C=O) groups is 2. The van der Waals surface area contributed by atoms with Gasteiger partial charge in [0.1, 0.15) is 31.5 Å². The Balaban J connectivity index is 2.26. The maximum Gasteiger partial charge on any atom is 0.330 e. The number of aliphatic hydroxyl groups is 2. The van der Waals surface area contributed by atoms with Crippen LogP contribution >= 0.6 is 0 Å². The molecule has 11 heteroatoms. The molecule has 1 fully saturated rings. The third-order valence-electron chi connectivity index (χ3n) is 3.53. The lowest BCUT2D eigenvalue weighted by Gasteiger charge is -2.18. The van der Waals surface area contributed by atoms with E-state index >= 15 is 0 Å². The van der Waals surface area contributed by atoms with Crippen LogP contribution in [-0.4, -0.2) is 56.6 Å². The molecule has 1 aliphatic rings. The van der Waals surface area contributed by atoms with E-state index in [0.29, 0.717) is 0 Å². The minimum absolute atomic E-state index is 0.0523. The first-order valence-electron chi connectivity index (χ1n) is 7.33. The van der Waals surface area contributed by atoms with Crippen LogP contribution in [0.1, 0.15) is 25.6 Å². The molecule has 0 spiro atoms. The maximum atomic E-state index is 12.0. The maximum absolute atomic E-state index is 12.0. The van der Waals surface area contributed by atoms with Gasteiger partial charge in [-0.05, 0) is 0 Å². The van der Waals surface area contributed by atoms with E-state index in [0.717, 1.165) is 17.7 Å². The molecule has 0 aromatic carbocycles. The highest BCUT2D eigenvalue weighted by atomic mass is 16.6. The summed E-state index contributed by atoms with van der Waals surface area (Å²) in [7, 11) is 0. The third-order valence-corrected chi connectivity index (χ3v) is 3.53. The Kier molecular flexibility index (Phi) is 5.72. The smallest absolute Gasteiger partial charge is 0.330 e. The van der Waals surface area contributed by atoms with Gasteiger partial charge in [0.25, 0.3) is 5.56 Å². The first-order valence-corrected chi connectivity index (χ1v) is 7.33. The molecular formula is C14H18N2O9. The number of hydrogen-bond donors (Lipinski definition) is 3. The van der Waals surface area contributed by atoms with Crippen LogP contribution in [0.25, 0.3) is 0 Å². The van der Waals surface area contributed by atoms with Crippen LogP contribution in [0.15, 0.2) is 15.8 Å². The predicted octanol–water partition coefficient (Wildman–Crippen LogP) is -2.22. The Hall–Kier alpha value is -2.50. The average Bonchev–Trinajstić information content (AvgIpc) is 2.80. The summed E-state index contributed by atoms with van der Waals surface area (Å²) in [5.41, 5.74) is -1.70. The molecule has 0 bridgehead atoms. The van der Waals surface area contributed by atoms with E-state index in [1.807, 2.05) is 4.98 Å². The quantitative estimate of drug-likeness (QED) is 0.496. The van der Waals surface area contributed by atoms with Crippen molar-refractivity contribution in [3.63, 3.8) is 0 Å².